The van der Waals surface area contributed by atoms with E-state index in [0.29, 0.717) is 27.5 Å². The zero-order chi connectivity index (χ0) is 26.3. The van der Waals surface area contributed by atoms with Crippen LogP contribution in [0.15, 0.2) is 22.9 Å². The minimum absolute atomic E-state index is 0.149. The van der Waals surface area contributed by atoms with Gasteiger partial charge in [0, 0.05) is 34.5 Å². The molecule has 0 saturated heterocycles. The number of halogens is 1. The largest absolute Gasteiger partial charge is 0.445 e. The van der Waals surface area contributed by atoms with Crippen molar-refractivity contribution in [2.75, 3.05) is 5.75 Å². The number of pyridine rings is 1. The molecular formula is C24H38BrN3O5SSi. The molecule has 8 nitrogen and oxygen atoms in total. The first-order valence-electron chi connectivity index (χ1n) is 12.3. The molecule has 3 rings (SSSR count). The van der Waals surface area contributed by atoms with Gasteiger partial charge in [0.1, 0.15) is 11.8 Å². The van der Waals surface area contributed by atoms with Crippen molar-refractivity contribution in [2.24, 2.45) is 0 Å². The summed E-state index contributed by atoms with van der Waals surface area (Å²) in [4.78, 5) is 16.8. The first-order chi connectivity index (χ1) is 16.2. The van der Waals surface area contributed by atoms with Crippen LogP contribution in [0.2, 0.25) is 16.6 Å². The van der Waals surface area contributed by atoms with Crippen molar-refractivity contribution in [3.05, 3.63) is 28.5 Å². The molecular weight excluding hydrogens is 550 g/mol. The number of nitrogens with one attached hydrogen (secondary N) is 1. The average molecular weight is 589 g/mol. The Bertz CT molecular complexity index is 1170. The molecule has 1 amide bonds. The first kappa shape index (κ1) is 28.1. The molecule has 2 N–H and O–H groups in total. The molecule has 0 aromatic carbocycles. The van der Waals surface area contributed by atoms with Crippen LogP contribution in [-0.2, 0) is 20.4 Å². The zero-order valence-corrected chi connectivity index (χ0v) is 25.0. The van der Waals surface area contributed by atoms with Gasteiger partial charge in [-0.05, 0) is 51.2 Å². The van der Waals surface area contributed by atoms with Crippen LogP contribution in [0.1, 0.15) is 73.3 Å². The van der Waals surface area contributed by atoms with Crippen LogP contribution in [0.4, 0.5) is 4.79 Å². The van der Waals surface area contributed by atoms with Crippen molar-refractivity contribution < 1.29 is 23.1 Å². The Kier molecular flexibility index (Phi) is 8.15. The van der Waals surface area contributed by atoms with Gasteiger partial charge in [0.05, 0.1) is 11.4 Å². The van der Waals surface area contributed by atoms with Crippen LogP contribution < -0.4 is 4.72 Å². The van der Waals surface area contributed by atoms with Crippen molar-refractivity contribution in [1.82, 2.24) is 13.9 Å². The minimum Gasteiger partial charge on any atom is -0.445 e. The van der Waals surface area contributed by atoms with Crippen LogP contribution in [-0.4, -0.2) is 48.9 Å². The highest BCUT2D eigenvalue weighted by Crippen LogP contribution is 2.50. The van der Waals surface area contributed by atoms with E-state index in [2.05, 4.69) is 67.9 Å². The highest BCUT2D eigenvalue weighted by atomic mass is 79.9. The van der Waals surface area contributed by atoms with Gasteiger partial charge < -0.3 is 14.1 Å². The average Bonchev–Trinajstić information content (AvgIpc) is 3.09. The van der Waals surface area contributed by atoms with E-state index in [4.69, 9.17) is 9.72 Å². The number of aliphatic hydroxyl groups is 1. The maximum atomic E-state index is 12.1. The summed E-state index contributed by atoms with van der Waals surface area (Å²) >= 11 is 3.58. The van der Waals surface area contributed by atoms with Crippen LogP contribution >= 0.6 is 15.9 Å². The summed E-state index contributed by atoms with van der Waals surface area (Å²) in [6.45, 7) is 15.5. The first-order valence-corrected chi connectivity index (χ1v) is 16.9. The maximum Gasteiger partial charge on any atom is 0.421 e. The van der Waals surface area contributed by atoms with Crippen molar-refractivity contribution >= 4 is 51.3 Å². The fourth-order valence-electron chi connectivity index (χ4n) is 6.28. The van der Waals surface area contributed by atoms with Crippen LogP contribution in [0.25, 0.3) is 11.0 Å². The molecule has 2 heterocycles. The Morgan fingerprint density at radius 2 is 1.83 bits per heavy atom. The quantitative estimate of drug-likeness (QED) is 0.367. The zero-order valence-electron chi connectivity index (χ0n) is 21.6. The van der Waals surface area contributed by atoms with Gasteiger partial charge in [0.15, 0.2) is 8.24 Å². The number of sulfonamides is 1. The Hall–Kier alpha value is -1.43. The van der Waals surface area contributed by atoms with Gasteiger partial charge in [-0.2, -0.15) is 0 Å². The molecule has 1 aliphatic rings. The molecule has 2 aromatic rings. The van der Waals surface area contributed by atoms with Gasteiger partial charge in [0.2, 0.25) is 10.0 Å². The summed E-state index contributed by atoms with van der Waals surface area (Å²) in [6.07, 6.45) is 3.04. The molecule has 0 aliphatic heterocycles. The van der Waals surface area contributed by atoms with Crippen molar-refractivity contribution in [3.63, 3.8) is 0 Å². The Labute approximate surface area is 218 Å². The number of carbonyl (C=O) groups is 1. The number of hydrogen-bond donors (Lipinski definition) is 2. The number of amides is 1. The molecule has 0 spiro atoms. The van der Waals surface area contributed by atoms with E-state index in [9.17, 15) is 18.3 Å². The Balaban J connectivity index is 1.92. The molecule has 0 bridgehead atoms. The third-order valence-corrected chi connectivity index (χ3v) is 16.2. The number of fused-ring (bicyclic) bond motifs is 1. The Morgan fingerprint density at radius 1 is 1.26 bits per heavy atom. The summed E-state index contributed by atoms with van der Waals surface area (Å²) in [5, 5.41) is 12.4. The van der Waals surface area contributed by atoms with Gasteiger partial charge in [-0.3, -0.25) is 0 Å². The lowest BCUT2D eigenvalue weighted by Gasteiger charge is -2.45. The molecule has 2 aromatic heterocycles. The highest BCUT2D eigenvalue weighted by Gasteiger charge is 2.50. The molecule has 196 valence electrons. The molecule has 35 heavy (non-hydrogen) atoms. The van der Waals surface area contributed by atoms with Gasteiger partial charge in [-0.15, -0.1) is 0 Å². The molecule has 1 aliphatic carbocycles. The van der Waals surface area contributed by atoms with Crippen molar-refractivity contribution in [1.29, 1.82) is 0 Å². The van der Waals surface area contributed by atoms with Crippen molar-refractivity contribution in [3.8, 4) is 0 Å². The Morgan fingerprint density at radius 3 is 2.34 bits per heavy atom. The third kappa shape index (κ3) is 5.06. The second kappa shape index (κ2) is 10.1. The van der Waals surface area contributed by atoms with E-state index in [1.165, 1.54) is 0 Å². The fourth-order valence-corrected chi connectivity index (χ4v) is 14.5. The van der Waals surface area contributed by atoms with E-state index < -0.39 is 36.1 Å². The van der Waals surface area contributed by atoms with Crippen LogP contribution in [0.3, 0.4) is 0 Å². The fraction of sp³-hybridized carbons (Fsp3) is 0.667. The number of hydrogen-bond acceptors (Lipinski definition) is 6. The van der Waals surface area contributed by atoms with Crippen LogP contribution in [0, 0.1) is 0 Å². The van der Waals surface area contributed by atoms with Gasteiger partial charge in [-0.25, -0.2) is 22.9 Å². The number of carbonyl (C=O) groups excluding carboxylic acids is 1. The lowest BCUT2D eigenvalue weighted by Crippen LogP contribution is -2.51. The summed E-state index contributed by atoms with van der Waals surface area (Å²) in [6, 6.07) is 2.04. The van der Waals surface area contributed by atoms with E-state index in [1.807, 2.05) is 10.8 Å². The number of ether oxygens (including phenoxy) is 1. The third-order valence-electron chi connectivity index (χ3n) is 7.44. The summed E-state index contributed by atoms with van der Waals surface area (Å²) in [5.41, 5.74) is 1.85. The highest BCUT2D eigenvalue weighted by molar-refractivity contribution is 9.10. The topological polar surface area (TPSA) is 111 Å². The molecule has 0 radical (unpaired) electrons. The van der Waals surface area contributed by atoms with Gasteiger partial charge >= 0.3 is 6.09 Å². The van der Waals surface area contributed by atoms with Crippen molar-refractivity contribution in [2.45, 2.75) is 96.1 Å². The second-order valence-corrected chi connectivity index (χ2v) is 19.1. The van der Waals surface area contributed by atoms with E-state index in [1.54, 1.807) is 13.1 Å². The summed E-state index contributed by atoms with van der Waals surface area (Å²) < 4.78 is 33.9. The number of rotatable bonds is 9. The standard InChI is InChI=1S/C24H38BrN3O5SSi/c1-8-11-34(31,32)27-23(29)33-18-12-24(30,13-18)21-19-9-10-28(22(19)26-14-20(21)25)35(15(2)3,16(4)5)17(6)7/h9-10,14-18,30H,8,11-13H2,1-7H3,(H,27,29). The predicted molar refractivity (Wildman–Crippen MR) is 144 cm³/mol. The molecule has 1 saturated carbocycles. The predicted octanol–water partition coefficient (Wildman–Crippen LogP) is 5.64. The lowest BCUT2D eigenvalue weighted by molar-refractivity contribution is -0.120. The normalized spacial score (nSPS) is 21.1. The number of nitrogens with zero attached hydrogens (tertiary/aromatic N) is 2. The summed E-state index contributed by atoms with van der Waals surface area (Å²) in [7, 11) is -5.76. The molecule has 1 fully saturated rings. The van der Waals surface area contributed by atoms with Gasteiger partial charge in [0.25, 0.3) is 0 Å². The molecule has 0 atom stereocenters. The number of aromatic nitrogens is 2. The molecule has 0 unspecified atom stereocenters. The van der Waals surface area contributed by atoms with Crippen LogP contribution in [0.5, 0.6) is 0 Å². The van der Waals surface area contributed by atoms with E-state index in [-0.39, 0.29) is 18.6 Å². The smallest absolute Gasteiger partial charge is 0.421 e. The molecule has 11 heteroatoms. The van der Waals surface area contributed by atoms with E-state index >= 15 is 0 Å². The monoisotopic (exact) mass is 587 g/mol. The minimum atomic E-state index is -3.71. The van der Waals surface area contributed by atoms with E-state index in [0.717, 1.165) is 16.6 Å². The second-order valence-electron chi connectivity index (χ2n) is 10.6. The lowest BCUT2D eigenvalue weighted by atomic mass is 9.72. The summed E-state index contributed by atoms with van der Waals surface area (Å²) in [5.74, 6) is -0.149. The maximum absolute atomic E-state index is 12.1. The SMILES string of the molecule is CCCS(=O)(=O)NC(=O)OC1CC(O)(c2c(Br)cnc3c2ccn3[Si](C(C)C)(C(C)C)C(C)C)C1. The van der Waals surface area contributed by atoms with Gasteiger partial charge in [-0.1, -0.05) is 48.5 Å².